The number of benzene rings is 2. The molecule has 0 atom stereocenters. The smallest absolute Gasteiger partial charge is 0.127 e. The van der Waals surface area contributed by atoms with E-state index in [0.29, 0.717) is 17.7 Å². The van der Waals surface area contributed by atoms with Gasteiger partial charge in [0.2, 0.25) is 0 Å². The molecule has 0 spiro atoms. The largest absolute Gasteiger partial charge is 0.457 e. The van der Waals surface area contributed by atoms with Crippen LogP contribution in [-0.2, 0) is 6.42 Å². The summed E-state index contributed by atoms with van der Waals surface area (Å²) in [5.41, 5.74) is 1.69. The Morgan fingerprint density at radius 1 is 0.944 bits per heavy atom. The van der Waals surface area contributed by atoms with Gasteiger partial charge in [-0.05, 0) is 48.4 Å². The lowest BCUT2D eigenvalue weighted by molar-refractivity contribution is 0.299. The van der Waals surface area contributed by atoms with Gasteiger partial charge in [-0.25, -0.2) is 0 Å². The Bertz CT molecular complexity index is 538. The second kappa shape index (κ2) is 5.85. The zero-order valence-corrected chi connectivity index (χ0v) is 9.84. The van der Waals surface area contributed by atoms with Crippen molar-refractivity contribution in [2.45, 2.75) is 6.42 Å². The predicted octanol–water partition coefficient (Wildman–Crippen LogP) is 2.89. The van der Waals surface area contributed by atoms with Crippen LogP contribution in [0.5, 0.6) is 11.5 Å². The van der Waals surface area contributed by atoms with Gasteiger partial charge in [0.15, 0.2) is 0 Å². The van der Waals surface area contributed by atoms with Crippen molar-refractivity contribution in [1.29, 1.82) is 5.26 Å². The molecule has 2 rings (SSSR count). The monoisotopic (exact) mass is 239 g/mol. The van der Waals surface area contributed by atoms with Crippen molar-refractivity contribution < 1.29 is 9.84 Å². The molecule has 2 aromatic rings. The van der Waals surface area contributed by atoms with E-state index >= 15 is 0 Å². The molecule has 0 fully saturated rings. The van der Waals surface area contributed by atoms with Crippen molar-refractivity contribution in [3.8, 4) is 17.6 Å². The van der Waals surface area contributed by atoms with E-state index in [1.807, 2.05) is 24.3 Å². The van der Waals surface area contributed by atoms with Crippen LogP contribution in [0.15, 0.2) is 48.5 Å². The fraction of sp³-hybridized carbons (Fsp3) is 0.133. The Labute approximate surface area is 106 Å². The topological polar surface area (TPSA) is 53.2 Å². The van der Waals surface area contributed by atoms with E-state index in [1.54, 1.807) is 24.3 Å². The highest BCUT2D eigenvalue weighted by Crippen LogP contribution is 2.22. The molecule has 18 heavy (non-hydrogen) atoms. The maximum Gasteiger partial charge on any atom is 0.127 e. The summed E-state index contributed by atoms with van der Waals surface area (Å²) in [7, 11) is 0. The van der Waals surface area contributed by atoms with Crippen molar-refractivity contribution in [2.24, 2.45) is 0 Å². The SMILES string of the molecule is N#Cc1ccc(Oc2ccc(CCO)cc2)cc1. The van der Waals surface area contributed by atoms with Crippen LogP contribution in [0, 0.1) is 11.3 Å². The third-order valence-electron chi connectivity index (χ3n) is 2.54. The van der Waals surface area contributed by atoms with Gasteiger partial charge in [-0.2, -0.15) is 5.26 Å². The fourth-order valence-corrected chi connectivity index (χ4v) is 1.59. The number of nitrogens with zero attached hydrogens (tertiary/aromatic N) is 1. The fourth-order valence-electron chi connectivity index (χ4n) is 1.59. The van der Waals surface area contributed by atoms with Gasteiger partial charge >= 0.3 is 0 Å². The first kappa shape index (κ1) is 12.2. The molecule has 90 valence electrons. The van der Waals surface area contributed by atoms with Crippen molar-refractivity contribution in [3.05, 3.63) is 59.7 Å². The Morgan fingerprint density at radius 3 is 2.00 bits per heavy atom. The minimum atomic E-state index is 0.149. The molecular weight excluding hydrogens is 226 g/mol. The van der Waals surface area contributed by atoms with Gasteiger partial charge in [0.25, 0.3) is 0 Å². The molecule has 0 bridgehead atoms. The van der Waals surface area contributed by atoms with Gasteiger partial charge in [0.1, 0.15) is 11.5 Å². The summed E-state index contributed by atoms with van der Waals surface area (Å²) in [6.45, 7) is 0.149. The molecule has 0 amide bonds. The number of ether oxygens (including phenoxy) is 1. The average molecular weight is 239 g/mol. The Balaban J connectivity index is 2.06. The zero-order valence-electron chi connectivity index (χ0n) is 9.84. The highest BCUT2D eigenvalue weighted by Gasteiger charge is 1.98. The molecule has 0 aliphatic carbocycles. The van der Waals surface area contributed by atoms with E-state index in [4.69, 9.17) is 15.1 Å². The third kappa shape index (κ3) is 3.09. The van der Waals surface area contributed by atoms with Gasteiger partial charge in [0.05, 0.1) is 11.6 Å². The molecule has 0 aromatic heterocycles. The first-order valence-electron chi connectivity index (χ1n) is 5.69. The average Bonchev–Trinajstić information content (AvgIpc) is 2.42. The van der Waals surface area contributed by atoms with Gasteiger partial charge in [-0.15, -0.1) is 0 Å². The van der Waals surface area contributed by atoms with Crippen LogP contribution in [0.1, 0.15) is 11.1 Å². The van der Waals surface area contributed by atoms with Crippen LogP contribution in [0.4, 0.5) is 0 Å². The minimum Gasteiger partial charge on any atom is -0.457 e. The lowest BCUT2D eigenvalue weighted by atomic mass is 10.1. The molecule has 3 heteroatoms. The molecule has 0 unspecified atom stereocenters. The second-order valence-electron chi connectivity index (χ2n) is 3.86. The summed E-state index contributed by atoms with van der Waals surface area (Å²) in [4.78, 5) is 0. The number of hydrogen-bond donors (Lipinski definition) is 1. The van der Waals surface area contributed by atoms with Gasteiger partial charge < -0.3 is 9.84 Å². The molecule has 2 aromatic carbocycles. The zero-order chi connectivity index (χ0) is 12.8. The van der Waals surface area contributed by atoms with Crippen molar-refractivity contribution >= 4 is 0 Å². The van der Waals surface area contributed by atoms with Crippen LogP contribution in [0.2, 0.25) is 0 Å². The normalized spacial score (nSPS) is 9.78. The quantitative estimate of drug-likeness (QED) is 0.892. The predicted molar refractivity (Wildman–Crippen MR) is 68.5 cm³/mol. The van der Waals surface area contributed by atoms with Crippen LogP contribution < -0.4 is 4.74 Å². The highest BCUT2D eigenvalue weighted by molar-refractivity contribution is 5.37. The third-order valence-corrected chi connectivity index (χ3v) is 2.54. The number of nitriles is 1. The lowest BCUT2D eigenvalue weighted by Gasteiger charge is -2.06. The molecule has 0 saturated carbocycles. The van der Waals surface area contributed by atoms with E-state index in [0.717, 1.165) is 11.3 Å². The molecule has 0 aliphatic heterocycles. The standard InChI is InChI=1S/C15H13NO2/c16-11-13-3-7-15(8-4-13)18-14-5-1-12(2-6-14)9-10-17/h1-8,17H,9-10H2. The van der Waals surface area contributed by atoms with Gasteiger partial charge in [-0.3, -0.25) is 0 Å². The Morgan fingerprint density at radius 2 is 1.50 bits per heavy atom. The second-order valence-corrected chi connectivity index (χ2v) is 3.86. The summed E-state index contributed by atoms with van der Waals surface area (Å²) >= 11 is 0. The maximum atomic E-state index is 8.82. The number of aliphatic hydroxyl groups is 1. The highest BCUT2D eigenvalue weighted by atomic mass is 16.5. The van der Waals surface area contributed by atoms with E-state index in [-0.39, 0.29) is 6.61 Å². The van der Waals surface area contributed by atoms with Crippen LogP contribution in [0.25, 0.3) is 0 Å². The van der Waals surface area contributed by atoms with E-state index in [9.17, 15) is 0 Å². The summed E-state index contributed by atoms with van der Waals surface area (Å²) in [6.07, 6.45) is 0.650. The van der Waals surface area contributed by atoms with E-state index in [1.165, 1.54) is 0 Å². The van der Waals surface area contributed by atoms with E-state index < -0.39 is 0 Å². The number of hydrogen-bond acceptors (Lipinski definition) is 3. The van der Waals surface area contributed by atoms with Gasteiger partial charge in [-0.1, -0.05) is 12.1 Å². The molecule has 0 radical (unpaired) electrons. The Hall–Kier alpha value is -2.31. The van der Waals surface area contributed by atoms with E-state index in [2.05, 4.69) is 6.07 Å². The van der Waals surface area contributed by atoms with Crippen molar-refractivity contribution in [2.75, 3.05) is 6.61 Å². The number of rotatable bonds is 4. The van der Waals surface area contributed by atoms with Gasteiger partial charge in [0, 0.05) is 6.61 Å². The first-order valence-corrected chi connectivity index (χ1v) is 5.69. The summed E-state index contributed by atoms with van der Waals surface area (Å²) < 4.78 is 5.64. The maximum absolute atomic E-state index is 8.82. The molecule has 0 heterocycles. The lowest BCUT2D eigenvalue weighted by Crippen LogP contribution is -1.90. The first-order chi connectivity index (χ1) is 8.81. The number of aliphatic hydroxyl groups excluding tert-OH is 1. The van der Waals surface area contributed by atoms with Crippen molar-refractivity contribution in [1.82, 2.24) is 0 Å². The van der Waals surface area contributed by atoms with Crippen LogP contribution in [-0.4, -0.2) is 11.7 Å². The molecular formula is C15H13NO2. The summed E-state index contributed by atoms with van der Waals surface area (Å²) in [6, 6.07) is 16.6. The molecule has 1 N–H and O–H groups in total. The molecule has 0 saturated heterocycles. The van der Waals surface area contributed by atoms with Crippen molar-refractivity contribution in [3.63, 3.8) is 0 Å². The van der Waals surface area contributed by atoms with Crippen LogP contribution >= 0.6 is 0 Å². The summed E-state index contributed by atoms with van der Waals surface area (Å²) in [5.74, 6) is 1.44. The summed E-state index contributed by atoms with van der Waals surface area (Å²) in [5, 5.41) is 17.5. The van der Waals surface area contributed by atoms with Crippen LogP contribution in [0.3, 0.4) is 0 Å². The molecule has 0 aliphatic rings. The molecule has 3 nitrogen and oxygen atoms in total. The minimum absolute atomic E-state index is 0.149. The Kier molecular flexibility index (Phi) is 3.95.